The number of carboxylic acids is 1. The summed E-state index contributed by atoms with van der Waals surface area (Å²) in [6, 6.07) is 9.48. The Hall–Kier alpha value is -2.56. The van der Waals surface area contributed by atoms with E-state index in [1.54, 1.807) is 18.2 Å². The van der Waals surface area contributed by atoms with Gasteiger partial charge in [0.25, 0.3) is 10.0 Å². The molecule has 0 aliphatic rings. The number of aromatic nitrogens is 1. The van der Waals surface area contributed by atoms with Crippen LogP contribution < -0.4 is 4.72 Å². The topological polar surface area (TPSA) is 110 Å². The molecule has 1 aromatic heterocycles. The minimum absolute atomic E-state index is 0.166. The maximum absolute atomic E-state index is 11.7. The molecule has 0 aliphatic heterocycles. The Kier molecular flexibility index (Phi) is 5.51. The van der Waals surface area contributed by atoms with Crippen LogP contribution in [0.15, 0.2) is 52.1 Å². The molecule has 120 valence electrons. The monoisotopic (exact) mass is 338 g/mol. The molecule has 0 spiro atoms. The lowest BCUT2D eigenvalue weighted by Gasteiger charge is -2.03. The summed E-state index contributed by atoms with van der Waals surface area (Å²) in [4.78, 5) is 9.08. The zero-order valence-corrected chi connectivity index (χ0v) is 11.4. The van der Waals surface area contributed by atoms with Crippen LogP contribution in [0.1, 0.15) is 0 Å². The summed E-state index contributed by atoms with van der Waals surface area (Å²) in [5.74, 6) is -2.59. The minimum Gasteiger partial charge on any atom is -0.475 e. The van der Waals surface area contributed by atoms with Gasteiger partial charge in [-0.1, -0.05) is 23.4 Å². The van der Waals surface area contributed by atoms with Gasteiger partial charge in [0.15, 0.2) is 5.82 Å². The third-order valence-corrected chi connectivity index (χ3v) is 3.34. The molecule has 2 aromatic rings. The Balaban J connectivity index is 0.000000295. The number of halogens is 3. The second kappa shape index (κ2) is 6.93. The van der Waals surface area contributed by atoms with Crippen molar-refractivity contribution in [1.82, 2.24) is 5.16 Å². The predicted octanol–water partition coefficient (Wildman–Crippen LogP) is 2.11. The summed E-state index contributed by atoms with van der Waals surface area (Å²) in [6.45, 7) is 0. The molecular formula is C11H9F3N2O5S. The number of nitrogens with zero attached hydrogens (tertiary/aromatic N) is 1. The predicted molar refractivity (Wildman–Crippen MR) is 67.4 cm³/mol. The normalized spacial score (nSPS) is 11.2. The Morgan fingerprint density at radius 3 is 2.14 bits per heavy atom. The second-order valence-electron chi connectivity index (χ2n) is 3.61. The number of nitrogens with one attached hydrogen (secondary N) is 1. The first-order chi connectivity index (χ1) is 10.1. The van der Waals surface area contributed by atoms with E-state index in [2.05, 4.69) is 14.4 Å². The van der Waals surface area contributed by atoms with E-state index >= 15 is 0 Å². The lowest BCUT2D eigenvalue weighted by atomic mass is 10.4. The number of rotatable bonds is 3. The highest BCUT2D eigenvalue weighted by molar-refractivity contribution is 7.92. The standard InChI is InChI=1S/C9H8N2O3S.C2HF3O2/c12-15(13,8-4-2-1-3-5-8)11-9-6-7-14-10-9;3-2(4,5)1(6)7/h1-7H,(H,10,11);(H,6,7). The number of carbonyl (C=O) groups is 1. The molecule has 2 rings (SSSR count). The Labute approximate surface area is 122 Å². The molecule has 1 aromatic carbocycles. The Bertz CT molecular complexity index is 699. The first kappa shape index (κ1) is 17.5. The second-order valence-corrected chi connectivity index (χ2v) is 5.29. The lowest BCUT2D eigenvalue weighted by molar-refractivity contribution is -0.192. The van der Waals surface area contributed by atoms with Crippen molar-refractivity contribution in [3.05, 3.63) is 42.7 Å². The van der Waals surface area contributed by atoms with E-state index in [9.17, 15) is 21.6 Å². The van der Waals surface area contributed by atoms with E-state index < -0.39 is 22.2 Å². The number of aliphatic carboxylic acids is 1. The number of hydrogen-bond acceptors (Lipinski definition) is 5. The average Bonchev–Trinajstić information content (AvgIpc) is 2.91. The van der Waals surface area contributed by atoms with Gasteiger partial charge in [-0.3, -0.25) is 4.72 Å². The first-order valence-electron chi connectivity index (χ1n) is 5.41. The summed E-state index contributed by atoms with van der Waals surface area (Å²) < 4.78 is 62.0. The van der Waals surface area contributed by atoms with Crippen LogP contribution in [0.4, 0.5) is 19.0 Å². The molecule has 22 heavy (non-hydrogen) atoms. The van der Waals surface area contributed by atoms with Crippen LogP contribution in [0.25, 0.3) is 0 Å². The SMILES string of the molecule is O=C(O)C(F)(F)F.O=S(=O)(Nc1ccon1)c1ccccc1. The number of carboxylic acid groups (broad SMARTS) is 1. The molecule has 0 saturated heterocycles. The van der Waals surface area contributed by atoms with E-state index in [1.807, 2.05) is 0 Å². The van der Waals surface area contributed by atoms with Crippen LogP contribution in [-0.2, 0) is 14.8 Å². The molecule has 0 unspecified atom stereocenters. The lowest BCUT2D eigenvalue weighted by Crippen LogP contribution is -2.21. The number of hydrogen-bond donors (Lipinski definition) is 2. The molecule has 0 atom stereocenters. The van der Waals surface area contributed by atoms with Gasteiger partial charge in [0.2, 0.25) is 0 Å². The molecule has 0 fully saturated rings. The Morgan fingerprint density at radius 2 is 1.73 bits per heavy atom. The van der Waals surface area contributed by atoms with Crippen LogP contribution >= 0.6 is 0 Å². The van der Waals surface area contributed by atoms with E-state index in [0.29, 0.717) is 0 Å². The maximum Gasteiger partial charge on any atom is 0.490 e. The van der Waals surface area contributed by atoms with Crippen LogP contribution in [0.2, 0.25) is 0 Å². The fourth-order valence-corrected chi connectivity index (χ4v) is 2.08. The van der Waals surface area contributed by atoms with Crippen LogP contribution in [0.3, 0.4) is 0 Å². The van der Waals surface area contributed by atoms with Crippen molar-refractivity contribution >= 4 is 21.8 Å². The molecular weight excluding hydrogens is 329 g/mol. The summed E-state index contributed by atoms with van der Waals surface area (Å²) in [5, 5.41) is 10.6. The van der Waals surface area contributed by atoms with Gasteiger partial charge in [0.1, 0.15) is 6.26 Å². The van der Waals surface area contributed by atoms with E-state index in [1.165, 1.54) is 24.5 Å². The molecule has 2 N–H and O–H groups in total. The zero-order chi connectivity index (χ0) is 16.8. The number of benzene rings is 1. The first-order valence-corrected chi connectivity index (χ1v) is 6.89. The number of anilines is 1. The maximum atomic E-state index is 11.7. The van der Waals surface area contributed by atoms with Crippen molar-refractivity contribution in [2.75, 3.05) is 4.72 Å². The van der Waals surface area contributed by atoms with E-state index in [0.717, 1.165) is 0 Å². The van der Waals surface area contributed by atoms with Gasteiger partial charge in [-0.15, -0.1) is 0 Å². The molecule has 0 aliphatic carbocycles. The summed E-state index contributed by atoms with van der Waals surface area (Å²) in [7, 11) is -3.56. The molecule has 0 bridgehead atoms. The quantitative estimate of drug-likeness (QED) is 0.887. The number of alkyl halides is 3. The molecule has 1 heterocycles. The third-order valence-electron chi connectivity index (χ3n) is 1.97. The van der Waals surface area contributed by atoms with Gasteiger partial charge in [-0.05, 0) is 12.1 Å². The van der Waals surface area contributed by atoms with Crippen molar-refractivity contribution in [2.24, 2.45) is 0 Å². The van der Waals surface area contributed by atoms with Crippen LogP contribution in [0.5, 0.6) is 0 Å². The number of sulfonamides is 1. The van der Waals surface area contributed by atoms with Crippen molar-refractivity contribution in [1.29, 1.82) is 0 Å². The van der Waals surface area contributed by atoms with Crippen molar-refractivity contribution < 1.29 is 36.0 Å². The zero-order valence-electron chi connectivity index (χ0n) is 10.6. The molecule has 11 heteroatoms. The fourth-order valence-electron chi connectivity index (χ4n) is 1.06. The van der Waals surface area contributed by atoms with Crippen LogP contribution in [-0.4, -0.2) is 30.8 Å². The van der Waals surface area contributed by atoms with Gasteiger partial charge in [0.05, 0.1) is 4.90 Å². The minimum atomic E-state index is -5.08. The van der Waals surface area contributed by atoms with E-state index in [-0.39, 0.29) is 10.7 Å². The van der Waals surface area contributed by atoms with Gasteiger partial charge >= 0.3 is 12.1 Å². The fraction of sp³-hybridized carbons (Fsp3) is 0.0909. The third kappa shape index (κ3) is 5.44. The summed E-state index contributed by atoms with van der Waals surface area (Å²) in [6.07, 6.45) is -3.79. The van der Waals surface area contributed by atoms with Gasteiger partial charge in [-0.25, -0.2) is 13.2 Å². The van der Waals surface area contributed by atoms with Gasteiger partial charge in [-0.2, -0.15) is 13.2 Å². The highest BCUT2D eigenvalue weighted by Gasteiger charge is 2.38. The summed E-state index contributed by atoms with van der Waals surface area (Å²) >= 11 is 0. The van der Waals surface area contributed by atoms with Gasteiger partial charge in [0, 0.05) is 6.07 Å². The van der Waals surface area contributed by atoms with Crippen molar-refractivity contribution in [3.8, 4) is 0 Å². The molecule has 0 amide bonds. The average molecular weight is 338 g/mol. The molecule has 0 radical (unpaired) electrons. The highest BCUT2D eigenvalue weighted by Crippen LogP contribution is 2.13. The highest BCUT2D eigenvalue weighted by atomic mass is 32.2. The van der Waals surface area contributed by atoms with E-state index in [4.69, 9.17) is 9.90 Å². The van der Waals surface area contributed by atoms with Crippen LogP contribution in [0, 0.1) is 0 Å². The Morgan fingerprint density at radius 1 is 1.18 bits per heavy atom. The largest absolute Gasteiger partial charge is 0.490 e. The van der Waals surface area contributed by atoms with Crippen molar-refractivity contribution in [2.45, 2.75) is 11.1 Å². The smallest absolute Gasteiger partial charge is 0.475 e. The van der Waals surface area contributed by atoms with Crippen molar-refractivity contribution in [3.63, 3.8) is 0 Å². The molecule has 7 nitrogen and oxygen atoms in total. The van der Waals surface area contributed by atoms with Gasteiger partial charge < -0.3 is 9.63 Å². The summed E-state index contributed by atoms with van der Waals surface area (Å²) in [5.41, 5.74) is 0. The molecule has 0 saturated carbocycles.